The number of carbonyl (C=O) groups excluding carboxylic acids is 2. The Labute approximate surface area is 216 Å². The second-order valence-electron chi connectivity index (χ2n) is 9.49. The summed E-state index contributed by atoms with van der Waals surface area (Å²) in [6.45, 7) is 0. The van der Waals surface area contributed by atoms with Crippen LogP contribution < -0.4 is 10.2 Å². The molecule has 2 amide bonds. The molecule has 4 N–H and O–H groups in total. The molecule has 3 heterocycles. The topological polar surface area (TPSA) is 123 Å². The number of anilines is 1. The Kier molecular flexibility index (Phi) is 5.33. The van der Waals surface area contributed by atoms with Crippen LogP contribution in [0.3, 0.4) is 0 Å². The van der Waals surface area contributed by atoms with Gasteiger partial charge in [0, 0.05) is 40.1 Å². The van der Waals surface area contributed by atoms with Crippen LogP contribution in [0.25, 0.3) is 10.9 Å². The number of halogens is 1. The second kappa shape index (κ2) is 8.47. The van der Waals surface area contributed by atoms with Gasteiger partial charge in [0.1, 0.15) is 11.3 Å². The van der Waals surface area contributed by atoms with E-state index in [-0.39, 0.29) is 12.2 Å². The van der Waals surface area contributed by atoms with Crippen molar-refractivity contribution in [3.8, 4) is 5.75 Å². The van der Waals surface area contributed by atoms with Gasteiger partial charge in [-0.3, -0.25) is 19.7 Å². The molecular weight excluding hydrogens is 494 g/mol. The van der Waals surface area contributed by atoms with Gasteiger partial charge in [-0.15, -0.1) is 0 Å². The molecule has 3 aromatic carbocycles. The van der Waals surface area contributed by atoms with Gasteiger partial charge in [0.15, 0.2) is 0 Å². The van der Waals surface area contributed by atoms with Gasteiger partial charge in [-0.25, -0.2) is 4.90 Å². The molecule has 0 saturated carbocycles. The van der Waals surface area contributed by atoms with E-state index in [1.165, 1.54) is 6.07 Å². The molecule has 8 nitrogen and oxygen atoms in total. The number of rotatable bonds is 5. The minimum absolute atomic E-state index is 0.0505. The Bertz CT molecular complexity index is 1570. The van der Waals surface area contributed by atoms with Crippen LogP contribution in [-0.4, -0.2) is 38.5 Å². The van der Waals surface area contributed by atoms with Gasteiger partial charge < -0.3 is 15.2 Å². The zero-order valence-electron chi connectivity index (χ0n) is 19.4. The molecule has 0 aliphatic carbocycles. The Morgan fingerprint density at radius 3 is 2.41 bits per heavy atom. The number of fused-ring (bicyclic) bond motifs is 2. The van der Waals surface area contributed by atoms with Crippen LogP contribution in [-0.2, 0) is 20.8 Å². The van der Waals surface area contributed by atoms with Crippen LogP contribution in [0.1, 0.15) is 17.2 Å². The molecule has 1 aromatic heterocycles. The third-order valence-corrected chi connectivity index (χ3v) is 7.79. The number of nitrogens with zero attached hydrogens (tertiary/aromatic N) is 1. The first-order chi connectivity index (χ1) is 17.8. The third kappa shape index (κ3) is 3.44. The van der Waals surface area contributed by atoms with Crippen LogP contribution in [0.15, 0.2) is 79.0 Å². The van der Waals surface area contributed by atoms with Gasteiger partial charge in [-0.1, -0.05) is 48.0 Å². The molecule has 2 fully saturated rings. The highest BCUT2D eigenvalue weighted by atomic mass is 35.5. The number of aromatic amines is 1. The van der Waals surface area contributed by atoms with Crippen molar-refractivity contribution in [1.29, 1.82) is 0 Å². The number of benzene rings is 3. The molecule has 0 unspecified atom stereocenters. The monoisotopic (exact) mass is 515 g/mol. The maximum Gasteiger partial charge on any atom is 0.325 e. The maximum atomic E-state index is 14.0. The van der Waals surface area contributed by atoms with Gasteiger partial charge in [0.2, 0.25) is 11.8 Å². The van der Waals surface area contributed by atoms with E-state index >= 15 is 0 Å². The summed E-state index contributed by atoms with van der Waals surface area (Å²) in [5.74, 6) is -4.73. The number of imide groups is 1. The lowest BCUT2D eigenvalue weighted by Crippen LogP contribution is -2.57. The Morgan fingerprint density at radius 1 is 0.973 bits per heavy atom. The number of carboxylic acid groups (broad SMARTS) is 1. The van der Waals surface area contributed by atoms with Crippen molar-refractivity contribution in [2.24, 2.45) is 11.8 Å². The molecule has 2 aliphatic heterocycles. The number of aromatic hydroxyl groups is 1. The standard InChI is InChI=1S/C28H22ClN3O5/c29-16-9-11-17(12-10-16)32-25(34)22-23(26(32)35)28(27(36)37,31-24(22)19-6-2-4-8-21(19)33)13-15-14-30-20-7-3-1-5-18(15)20/h1-12,14,22-24,30-31,33H,13H2,(H,36,37)/t22-,23+,24+,28-/m0/s1. The van der Waals surface area contributed by atoms with Crippen molar-refractivity contribution in [1.82, 2.24) is 10.3 Å². The van der Waals surface area contributed by atoms with E-state index < -0.39 is 41.2 Å². The first kappa shape index (κ1) is 23.3. The average molecular weight is 516 g/mol. The van der Waals surface area contributed by atoms with E-state index in [2.05, 4.69) is 10.3 Å². The lowest BCUT2D eigenvalue weighted by Gasteiger charge is -2.31. The number of H-pyrrole nitrogens is 1. The zero-order chi connectivity index (χ0) is 25.9. The van der Waals surface area contributed by atoms with E-state index in [4.69, 9.17) is 11.6 Å². The normalized spacial score (nSPS) is 25.1. The van der Waals surface area contributed by atoms with Crippen LogP contribution in [0.4, 0.5) is 5.69 Å². The number of hydrogen-bond acceptors (Lipinski definition) is 5. The number of phenolic OH excluding ortho intramolecular Hbond substituents is 1. The van der Waals surface area contributed by atoms with E-state index in [1.807, 2.05) is 24.3 Å². The number of phenols is 1. The molecule has 186 valence electrons. The van der Waals surface area contributed by atoms with Crippen molar-refractivity contribution >= 4 is 46.0 Å². The molecule has 37 heavy (non-hydrogen) atoms. The molecule has 2 aliphatic rings. The fourth-order valence-corrected chi connectivity index (χ4v) is 6.00. The predicted octanol–water partition coefficient (Wildman–Crippen LogP) is 4.04. The minimum Gasteiger partial charge on any atom is -0.508 e. The van der Waals surface area contributed by atoms with Crippen molar-refractivity contribution in [2.45, 2.75) is 18.0 Å². The molecular formula is C28H22ClN3O5. The molecule has 0 radical (unpaired) electrons. The highest BCUT2D eigenvalue weighted by molar-refractivity contribution is 6.31. The third-order valence-electron chi connectivity index (χ3n) is 7.54. The first-order valence-corrected chi connectivity index (χ1v) is 12.2. The quantitative estimate of drug-likeness (QED) is 0.297. The number of amides is 2. The van der Waals surface area contributed by atoms with Gasteiger partial charge >= 0.3 is 5.97 Å². The number of nitrogens with one attached hydrogen (secondary N) is 2. The summed E-state index contributed by atoms with van der Waals surface area (Å²) >= 11 is 6.01. The Hall–Kier alpha value is -4.14. The molecule has 0 bridgehead atoms. The minimum atomic E-state index is -1.81. The fraction of sp³-hybridized carbons (Fsp3) is 0.179. The number of carboxylic acids is 1. The molecule has 4 atom stereocenters. The van der Waals surface area contributed by atoms with Crippen LogP contribution in [0.5, 0.6) is 5.75 Å². The Balaban J connectivity index is 1.52. The van der Waals surface area contributed by atoms with Crippen LogP contribution in [0.2, 0.25) is 5.02 Å². The molecule has 6 rings (SSSR count). The molecule has 9 heteroatoms. The smallest absolute Gasteiger partial charge is 0.325 e. The number of carbonyl (C=O) groups is 3. The van der Waals surface area contributed by atoms with Gasteiger partial charge in [0.05, 0.1) is 17.5 Å². The van der Waals surface area contributed by atoms with Gasteiger partial charge in [-0.2, -0.15) is 0 Å². The van der Waals surface area contributed by atoms with E-state index in [0.717, 1.165) is 15.8 Å². The lowest BCUT2D eigenvalue weighted by molar-refractivity contribution is -0.148. The molecule has 0 spiro atoms. The number of aliphatic carboxylic acids is 1. The molecule has 4 aromatic rings. The zero-order valence-corrected chi connectivity index (χ0v) is 20.1. The van der Waals surface area contributed by atoms with Crippen LogP contribution in [0, 0.1) is 11.8 Å². The SMILES string of the molecule is O=C1[C@@H]2[C@@H](c3ccccc3O)N[C@](Cc3c[nH]c4ccccc34)(C(=O)O)[C@H]2C(=O)N1c1ccc(Cl)cc1. The Morgan fingerprint density at radius 2 is 1.68 bits per heavy atom. The van der Waals surface area contributed by atoms with Crippen molar-refractivity contribution < 1.29 is 24.6 Å². The summed E-state index contributed by atoms with van der Waals surface area (Å²) in [7, 11) is 0. The fourth-order valence-electron chi connectivity index (χ4n) is 5.88. The van der Waals surface area contributed by atoms with E-state index in [0.29, 0.717) is 21.8 Å². The van der Waals surface area contributed by atoms with Gasteiger partial charge in [-0.05, 0) is 42.0 Å². The summed E-state index contributed by atoms with van der Waals surface area (Å²) < 4.78 is 0. The maximum absolute atomic E-state index is 14.0. The summed E-state index contributed by atoms with van der Waals surface area (Å²) in [6.07, 6.45) is 1.68. The molecule has 2 saturated heterocycles. The number of para-hydroxylation sites is 2. The van der Waals surface area contributed by atoms with Gasteiger partial charge in [0.25, 0.3) is 0 Å². The summed E-state index contributed by atoms with van der Waals surface area (Å²) in [5.41, 5.74) is 0.403. The largest absolute Gasteiger partial charge is 0.508 e. The summed E-state index contributed by atoms with van der Waals surface area (Å²) in [6, 6.07) is 19.3. The second-order valence-corrected chi connectivity index (χ2v) is 9.92. The van der Waals surface area contributed by atoms with Crippen LogP contribution >= 0.6 is 11.6 Å². The first-order valence-electron chi connectivity index (χ1n) is 11.8. The van der Waals surface area contributed by atoms with E-state index in [1.54, 1.807) is 48.7 Å². The highest BCUT2D eigenvalue weighted by Crippen LogP contribution is 2.52. The average Bonchev–Trinajstić information content (AvgIpc) is 3.53. The summed E-state index contributed by atoms with van der Waals surface area (Å²) in [4.78, 5) is 45.1. The number of aromatic nitrogens is 1. The van der Waals surface area contributed by atoms with Crippen molar-refractivity contribution in [3.05, 3.63) is 95.1 Å². The predicted molar refractivity (Wildman–Crippen MR) is 137 cm³/mol. The van der Waals surface area contributed by atoms with E-state index in [9.17, 15) is 24.6 Å². The van der Waals surface area contributed by atoms with Crippen molar-refractivity contribution in [2.75, 3.05) is 4.90 Å². The lowest BCUT2D eigenvalue weighted by atomic mass is 9.76. The van der Waals surface area contributed by atoms with Crippen molar-refractivity contribution in [3.63, 3.8) is 0 Å². The highest BCUT2D eigenvalue weighted by Gasteiger charge is 2.69. The number of hydrogen-bond donors (Lipinski definition) is 4. The summed E-state index contributed by atoms with van der Waals surface area (Å²) in [5, 5.41) is 25.7.